The van der Waals surface area contributed by atoms with Crippen molar-refractivity contribution >= 4 is 39.1 Å². The van der Waals surface area contributed by atoms with Crippen molar-refractivity contribution in [3.05, 3.63) is 62.6 Å². The molecule has 0 spiro atoms. The zero-order valence-electron chi connectivity index (χ0n) is 11.1. The first-order chi connectivity index (χ1) is 10.0. The van der Waals surface area contributed by atoms with Gasteiger partial charge in [0, 0.05) is 21.6 Å². The van der Waals surface area contributed by atoms with Gasteiger partial charge in [-0.05, 0) is 41.0 Å². The van der Waals surface area contributed by atoms with E-state index in [9.17, 15) is 9.90 Å². The van der Waals surface area contributed by atoms with E-state index in [0.717, 1.165) is 21.3 Å². The Morgan fingerprint density at radius 2 is 2.00 bits per heavy atom. The maximum Gasteiger partial charge on any atom is 0.228 e. The van der Waals surface area contributed by atoms with Gasteiger partial charge >= 0.3 is 0 Å². The molecular weight excluding hydrogens is 354 g/mol. The molecule has 0 bridgehead atoms. The predicted octanol–water partition coefficient (Wildman–Crippen LogP) is 3.87. The predicted molar refractivity (Wildman–Crippen MR) is 86.6 cm³/mol. The summed E-state index contributed by atoms with van der Waals surface area (Å²) in [6, 6.07) is 11.3. The second-order valence-corrected chi connectivity index (χ2v) is 6.43. The molecule has 0 aromatic heterocycles. The Balaban J connectivity index is 1.85. The van der Waals surface area contributed by atoms with Crippen LogP contribution in [0.1, 0.15) is 22.8 Å². The van der Waals surface area contributed by atoms with Gasteiger partial charge in [-0.25, -0.2) is 0 Å². The minimum atomic E-state index is -0.695. The van der Waals surface area contributed by atoms with Crippen molar-refractivity contribution in [1.29, 1.82) is 0 Å². The number of fused-ring (bicyclic) bond motifs is 1. The number of halogens is 2. The monoisotopic (exact) mass is 365 g/mol. The molecule has 1 atom stereocenters. The van der Waals surface area contributed by atoms with E-state index in [1.165, 1.54) is 0 Å². The van der Waals surface area contributed by atoms with E-state index in [1.807, 2.05) is 30.3 Å². The fraction of sp³-hybridized carbons (Fsp3) is 0.188. The number of carbonyl (C=O) groups excluding carboxylic acids is 1. The quantitative estimate of drug-likeness (QED) is 0.866. The van der Waals surface area contributed by atoms with Crippen LogP contribution < -0.4 is 5.32 Å². The number of hydrogen-bond donors (Lipinski definition) is 2. The maximum absolute atomic E-state index is 11.4. The van der Waals surface area contributed by atoms with E-state index in [4.69, 9.17) is 11.6 Å². The first kappa shape index (κ1) is 14.6. The molecule has 0 saturated carbocycles. The van der Waals surface area contributed by atoms with E-state index in [0.29, 0.717) is 23.4 Å². The molecule has 2 aromatic carbocycles. The van der Waals surface area contributed by atoms with Crippen molar-refractivity contribution in [3.63, 3.8) is 0 Å². The largest absolute Gasteiger partial charge is 0.388 e. The van der Waals surface area contributed by atoms with Gasteiger partial charge in [0.15, 0.2) is 0 Å². The molecule has 0 saturated heterocycles. The van der Waals surface area contributed by atoms with Crippen molar-refractivity contribution in [2.45, 2.75) is 18.9 Å². The van der Waals surface area contributed by atoms with Crippen LogP contribution in [0.25, 0.3) is 0 Å². The Kier molecular flexibility index (Phi) is 4.02. The van der Waals surface area contributed by atoms with Crippen LogP contribution in [0.15, 0.2) is 40.9 Å². The highest BCUT2D eigenvalue weighted by Gasteiger charge is 2.22. The van der Waals surface area contributed by atoms with Crippen molar-refractivity contribution < 1.29 is 9.90 Å². The number of hydrogen-bond acceptors (Lipinski definition) is 2. The van der Waals surface area contributed by atoms with Crippen LogP contribution >= 0.6 is 27.5 Å². The smallest absolute Gasteiger partial charge is 0.228 e. The number of aliphatic hydroxyl groups is 1. The van der Waals surface area contributed by atoms with Gasteiger partial charge < -0.3 is 10.4 Å². The summed E-state index contributed by atoms with van der Waals surface area (Å²) in [5, 5.41) is 13.6. The molecule has 3 rings (SSSR count). The van der Waals surface area contributed by atoms with Crippen molar-refractivity contribution in [3.8, 4) is 0 Å². The minimum absolute atomic E-state index is 0.0411. The molecule has 0 radical (unpaired) electrons. The average molecular weight is 367 g/mol. The number of benzene rings is 2. The van der Waals surface area contributed by atoms with Crippen LogP contribution in [0.4, 0.5) is 5.69 Å². The second kappa shape index (κ2) is 5.79. The molecule has 2 N–H and O–H groups in total. The highest BCUT2D eigenvalue weighted by atomic mass is 79.9. The lowest BCUT2D eigenvalue weighted by atomic mass is 9.99. The summed E-state index contributed by atoms with van der Waals surface area (Å²) in [5.41, 5.74) is 3.31. The lowest BCUT2D eigenvalue weighted by molar-refractivity contribution is -0.115. The summed E-state index contributed by atoms with van der Waals surface area (Å²) in [5.74, 6) is -0.0411. The molecule has 5 heteroatoms. The highest BCUT2D eigenvalue weighted by Crippen LogP contribution is 2.34. The fourth-order valence-electron chi connectivity index (χ4n) is 2.48. The molecule has 1 heterocycles. The zero-order valence-corrected chi connectivity index (χ0v) is 13.4. The molecule has 0 aliphatic carbocycles. The van der Waals surface area contributed by atoms with Gasteiger partial charge in [-0.15, -0.1) is 0 Å². The van der Waals surface area contributed by atoms with Gasteiger partial charge in [0.1, 0.15) is 0 Å². The molecule has 1 aliphatic heterocycles. The molecular formula is C16H13BrClNO2. The SMILES string of the molecule is O=C1Cc2cc(C(O)Cc3ccc(Br)cc3)c(Cl)cc2N1. The van der Waals surface area contributed by atoms with Crippen LogP contribution in [-0.2, 0) is 17.6 Å². The van der Waals surface area contributed by atoms with E-state index in [-0.39, 0.29) is 5.91 Å². The lowest BCUT2D eigenvalue weighted by Gasteiger charge is -2.14. The minimum Gasteiger partial charge on any atom is -0.388 e. The fourth-order valence-corrected chi connectivity index (χ4v) is 3.03. The summed E-state index contributed by atoms with van der Waals surface area (Å²) < 4.78 is 1.00. The van der Waals surface area contributed by atoms with Crippen LogP contribution in [-0.4, -0.2) is 11.0 Å². The summed E-state index contributed by atoms with van der Waals surface area (Å²) in [7, 11) is 0. The van der Waals surface area contributed by atoms with Crippen molar-refractivity contribution in [1.82, 2.24) is 0 Å². The van der Waals surface area contributed by atoms with Crippen molar-refractivity contribution in [2.75, 3.05) is 5.32 Å². The van der Waals surface area contributed by atoms with Gasteiger partial charge in [-0.3, -0.25) is 4.79 Å². The summed E-state index contributed by atoms with van der Waals surface area (Å²) in [6.07, 6.45) is 0.122. The third-order valence-electron chi connectivity index (χ3n) is 3.55. The van der Waals surface area contributed by atoms with E-state index < -0.39 is 6.10 Å². The average Bonchev–Trinajstić information content (AvgIpc) is 2.79. The third kappa shape index (κ3) is 3.12. The van der Waals surface area contributed by atoms with E-state index >= 15 is 0 Å². The van der Waals surface area contributed by atoms with Gasteiger partial charge in [-0.1, -0.05) is 39.7 Å². The normalized spacial score (nSPS) is 14.7. The summed E-state index contributed by atoms with van der Waals surface area (Å²) in [4.78, 5) is 11.4. The van der Waals surface area contributed by atoms with Crippen LogP contribution in [0.3, 0.4) is 0 Å². The maximum atomic E-state index is 11.4. The Bertz CT molecular complexity index is 700. The van der Waals surface area contributed by atoms with Crippen molar-refractivity contribution in [2.24, 2.45) is 0 Å². The highest BCUT2D eigenvalue weighted by molar-refractivity contribution is 9.10. The third-order valence-corrected chi connectivity index (χ3v) is 4.40. The second-order valence-electron chi connectivity index (χ2n) is 5.10. The standard InChI is InChI=1S/C16H13BrClNO2/c17-11-3-1-9(2-4-11)5-15(20)12-6-10-7-16(21)19-14(10)8-13(12)18/h1-4,6,8,15,20H,5,7H2,(H,19,21). The number of anilines is 1. The topological polar surface area (TPSA) is 49.3 Å². The number of amides is 1. The van der Waals surface area contributed by atoms with Gasteiger partial charge in [0.05, 0.1) is 12.5 Å². The molecule has 1 unspecified atom stereocenters. The number of rotatable bonds is 3. The Hall–Kier alpha value is -1.36. The number of aliphatic hydroxyl groups excluding tert-OH is 1. The van der Waals surface area contributed by atoms with Crippen LogP contribution in [0.2, 0.25) is 5.02 Å². The molecule has 3 nitrogen and oxygen atoms in total. The molecule has 108 valence electrons. The Labute approximate surface area is 136 Å². The molecule has 1 amide bonds. The molecule has 1 aliphatic rings. The molecule has 21 heavy (non-hydrogen) atoms. The molecule has 2 aromatic rings. The van der Waals surface area contributed by atoms with Crippen LogP contribution in [0, 0.1) is 0 Å². The Morgan fingerprint density at radius 3 is 2.71 bits per heavy atom. The lowest BCUT2D eigenvalue weighted by Crippen LogP contribution is -2.03. The number of nitrogens with one attached hydrogen (secondary N) is 1. The number of carbonyl (C=O) groups is 1. The molecule has 0 fully saturated rings. The summed E-state index contributed by atoms with van der Waals surface area (Å²) in [6.45, 7) is 0. The first-order valence-electron chi connectivity index (χ1n) is 6.57. The van der Waals surface area contributed by atoms with E-state index in [2.05, 4.69) is 21.2 Å². The Morgan fingerprint density at radius 1 is 1.29 bits per heavy atom. The first-order valence-corrected chi connectivity index (χ1v) is 7.74. The summed E-state index contributed by atoms with van der Waals surface area (Å²) >= 11 is 9.61. The van der Waals surface area contributed by atoms with Crippen LogP contribution in [0.5, 0.6) is 0 Å². The van der Waals surface area contributed by atoms with Gasteiger partial charge in [0.25, 0.3) is 0 Å². The van der Waals surface area contributed by atoms with E-state index in [1.54, 1.807) is 6.07 Å². The van der Waals surface area contributed by atoms with Gasteiger partial charge in [-0.2, -0.15) is 0 Å². The zero-order chi connectivity index (χ0) is 15.0. The van der Waals surface area contributed by atoms with Gasteiger partial charge in [0.2, 0.25) is 5.91 Å².